The minimum absolute atomic E-state index is 0.127. The Hall–Kier alpha value is -1.64. The monoisotopic (exact) mass is 208 g/mol. The van der Waals surface area contributed by atoms with Crippen LogP contribution in [0, 0.1) is 6.92 Å². The van der Waals surface area contributed by atoms with Crippen LogP contribution >= 0.6 is 0 Å². The second kappa shape index (κ2) is 4.73. The van der Waals surface area contributed by atoms with E-state index in [2.05, 4.69) is 0 Å². The third-order valence-corrected chi connectivity index (χ3v) is 2.25. The van der Waals surface area contributed by atoms with Gasteiger partial charge in [-0.1, -0.05) is 12.2 Å². The highest BCUT2D eigenvalue weighted by molar-refractivity contribution is 5.66. The van der Waals surface area contributed by atoms with Crippen LogP contribution in [-0.2, 0) is 0 Å². The predicted molar refractivity (Wildman–Crippen MR) is 60.7 cm³/mol. The van der Waals surface area contributed by atoms with Crippen molar-refractivity contribution in [2.45, 2.75) is 13.8 Å². The number of hydrogen-bond acceptors (Lipinski definition) is 3. The van der Waals surface area contributed by atoms with Crippen molar-refractivity contribution < 1.29 is 14.6 Å². The highest BCUT2D eigenvalue weighted by atomic mass is 16.5. The highest BCUT2D eigenvalue weighted by Gasteiger charge is 2.13. The van der Waals surface area contributed by atoms with Gasteiger partial charge in [0.2, 0.25) is 0 Å². The first-order valence-electron chi connectivity index (χ1n) is 4.73. The Labute approximate surface area is 90.0 Å². The summed E-state index contributed by atoms with van der Waals surface area (Å²) in [6, 6.07) is 1.75. The van der Waals surface area contributed by atoms with Crippen LogP contribution in [0.2, 0.25) is 0 Å². The van der Waals surface area contributed by atoms with Crippen LogP contribution in [0.1, 0.15) is 18.1 Å². The summed E-state index contributed by atoms with van der Waals surface area (Å²) in [5, 5.41) is 9.77. The molecule has 0 heterocycles. The van der Waals surface area contributed by atoms with Gasteiger partial charge >= 0.3 is 0 Å². The molecule has 0 aliphatic carbocycles. The Morgan fingerprint density at radius 2 is 1.93 bits per heavy atom. The Kier molecular flexibility index (Phi) is 3.61. The topological polar surface area (TPSA) is 38.7 Å². The number of phenols is 1. The summed E-state index contributed by atoms with van der Waals surface area (Å²) in [5.41, 5.74) is 1.58. The van der Waals surface area contributed by atoms with Gasteiger partial charge in [-0.25, -0.2) is 0 Å². The molecule has 0 saturated heterocycles. The second-order valence-electron chi connectivity index (χ2n) is 3.17. The first-order valence-corrected chi connectivity index (χ1v) is 4.73. The van der Waals surface area contributed by atoms with Crippen molar-refractivity contribution in [2.75, 3.05) is 14.2 Å². The van der Waals surface area contributed by atoms with Crippen molar-refractivity contribution in [3.05, 3.63) is 23.3 Å². The fourth-order valence-electron chi connectivity index (χ4n) is 1.51. The lowest BCUT2D eigenvalue weighted by atomic mass is 10.1. The van der Waals surface area contributed by atoms with Crippen molar-refractivity contribution in [3.8, 4) is 17.2 Å². The Bertz CT molecular complexity index is 381. The molecule has 0 radical (unpaired) electrons. The smallest absolute Gasteiger partial charge is 0.164 e. The van der Waals surface area contributed by atoms with Gasteiger partial charge in [0.05, 0.1) is 14.2 Å². The molecule has 1 N–H and O–H groups in total. The number of allylic oxidation sites excluding steroid dienone is 1. The van der Waals surface area contributed by atoms with Gasteiger partial charge in [0.25, 0.3) is 0 Å². The lowest BCUT2D eigenvalue weighted by Gasteiger charge is -2.13. The van der Waals surface area contributed by atoms with E-state index in [4.69, 9.17) is 9.47 Å². The van der Waals surface area contributed by atoms with Crippen molar-refractivity contribution in [1.29, 1.82) is 0 Å². The van der Waals surface area contributed by atoms with E-state index in [0.29, 0.717) is 17.1 Å². The predicted octanol–water partition coefficient (Wildman–Crippen LogP) is 2.75. The molecule has 15 heavy (non-hydrogen) atoms. The third kappa shape index (κ3) is 2.06. The summed E-state index contributed by atoms with van der Waals surface area (Å²) in [6.45, 7) is 3.72. The summed E-state index contributed by atoms with van der Waals surface area (Å²) in [7, 11) is 3.11. The van der Waals surface area contributed by atoms with Crippen LogP contribution in [0.5, 0.6) is 17.2 Å². The maximum absolute atomic E-state index is 9.77. The largest absolute Gasteiger partial charge is 0.504 e. The van der Waals surface area contributed by atoms with Crippen LogP contribution in [0.25, 0.3) is 6.08 Å². The van der Waals surface area contributed by atoms with E-state index in [-0.39, 0.29) is 5.75 Å². The zero-order valence-electron chi connectivity index (χ0n) is 9.50. The lowest BCUT2D eigenvalue weighted by Crippen LogP contribution is -1.94. The molecule has 82 valence electrons. The number of aromatic hydroxyl groups is 1. The van der Waals surface area contributed by atoms with Crippen molar-refractivity contribution in [3.63, 3.8) is 0 Å². The summed E-state index contributed by atoms with van der Waals surface area (Å²) in [5.74, 6) is 1.26. The van der Waals surface area contributed by atoms with Gasteiger partial charge in [-0.15, -0.1) is 0 Å². The Morgan fingerprint density at radius 1 is 1.27 bits per heavy atom. The quantitative estimate of drug-likeness (QED) is 0.830. The van der Waals surface area contributed by atoms with Gasteiger partial charge in [0.1, 0.15) is 5.75 Å². The average molecular weight is 208 g/mol. The van der Waals surface area contributed by atoms with Crippen molar-refractivity contribution in [2.24, 2.45) is 0 Å². The zero-order chi connectivity index (χ0) is 11.4. The number of ether oxygens (including phenoxy) is 2. The van der Waals surface area contributed by atoms with E-state index in [9.17, 15) is 5.11 Å². The summed E-state index contributed by atoms with van der Waals surface area (Å²) in [4.78, 5) is 0. The summed E-state index contributed by atoms with van der Waals surface area (Å²) in [6.07, 6.45) is 3.82. The maximum Gasteiger partial charge on any atom is 0.164 e. The molecular weight excluding hydrogens is 192 g/mol. The van der Waals surface area contributed by atoms with Gasteiger partial charge in [0, 0.05) is 11.1 Å². The second-order valence-corrected chi connectivity index (χ2v) is 3.17. The van der Waals surface area contributed by atoms with Gasteiger partial charge in [-0.05, 0) is 19.9 Å². The first-order chi connectivity index (χ1) is 7.15. The number of benzene rings is 1. The number of rotatable bonds is 3. The van der Waals surface area contributed by atoms with Crippen molar-refractivity contribution >= 4 is 6.08 Å². The Morgan fingerprint density at radius 3 is 2.40 bits per heavy atom. The van der Waals surface area contributed by atoms with Crippen LogP contribution in [0.3, 0.4) is 0 Å². The normalized spacial score (nSPS) is 10.7. The molecule has 0 aliphatic heterocycles. The van der Waals surface area contributed by atoms with E-state index in [0.717, 1.165) is 5.56 Å². The van der Waals surface area contributed by atoms with E-state index in [1.807, 2.05) is 19.1 Å². The molecule has 0 amide bonds. The molecular formula is C12H16O3. The van der Waals surface area contributed by atoms with Crippen LogP contribution in [-0.4, -0.2) is 19.3 Å². The van der Waals surface area contributed by atoms with Gasteiger partial charge in [-0.2, -0.15) is 0 Å². The molecule has 1 rings (SSSR count). The number of hydrogen-bond donors (Lipinski definition) is 1. The molecule has 3 nitrogen and oxygen atoms in total. The molecule has 0 unspecified atom stereocenters. The molecule has 3 heteroatoms. The minimum Gasteiger partial charge on any atom is -0.504 e. The van der Waals surface area contributed by atoms with E-state index in [1.54, 1.807) is 20.1 Å². The molecule has 1 aromatic rings. The highest BCUT2D eigenvalue weighted by Crippen LogP contribution is 2.39. The zero-order valence-corrected chi connectivity index (χ0v) is 9.50. The molecule has 0 bridgehead atoms. The molecule has 1 aromatic carbocycles. The molecule has 0 aliphatic rings. The molecule has 0 saturated carbocycles. The van der Waals surface area contributed by atoms with E-state index < -0.39 is 0 Å². The van der Waals surface area contributed by atoms with Crippen LogP contribution in [0.15, 0.2) is 12.1 Å². The van der Waals surface area contributed by atoms with Gasteiger partial charge < -0.3 is 14.6 Å². The fraction of sp³-hybridized carbons (Fsp3) is 0.333. The molecule has 0 atom stereocenters. The van der Waals surface area contributed by atoms with Gasteiger partial charge in [0.15, 0.2) is 11.5 Å². The van der Waals surface area contributed by atoms with E-state index in [1.165, 1.54) is 7.11 Å². The minimum atomic E-state index is 0.127. The van der Waals surface area contributed by atoms with Crippen molar-refractivity contribution in [1.82, 2.24) is 0 Å². The van der Waals surface area contributed by atoms with Crippen LogP contribution < -0.4 is 9.47 Å². The fourth-order valence-corrected chi connectivity index (χ4v) is 1.51. The average Bonchev–Trinajstić information content (AvgIpc) is 2.24. The molecule has 0 fully saturated rings. The van der Waals surface area contributed by atoms with Gasteiger partial charge in [-0.3, -0.25) is 0 Å². The maximum atomic E-state index is 9.77. The first kappa shape index (κ1) is 11.4. The molecule has 0 aromatic heterocycles. The standard InChI is InChI=1S/C12H16O3/c1-5-6-9-7-10(14-3)11(13)8(2)12(9)15-4/h5-7,13H,1-4H3. The molecule has 0 spiro atoms. The summed E-state index contributed by atoms with van der Waals surface area (Å²) < 4.78 is 10.3. The number of phenolic OH excluding ortho intramolecular Hbond substituents is 1. The van der Waals surface area contributed by atoms with E-state index >= 15 is 0 Å². The lowest BCUT2D eigenvalue weighted by molar-refractivity contribution is 0.362. The summed E-state index contributed by atoms with van der Waals surface area (Å²) >= 11 is 0. The SMILES string of the molecule is CC=Cc1cc(OC)c(O)c(C)c1OC. The third-order valence-electron chi connectivity index (χ3n) is 2.25. The number of methoxy groups -OCH3 is 2. The van der Waals surface area contributed by atoms with Crippen LogP contribution in [0.4, 0.5) is 0 Å². The Balaban J connectivity index is 3.43.